The molecule has 0 aromatic heterocycles. The molecule has 1 fully saturated rings. The monoisotopic (exact) mass is 412 g/mol. The molecule has 6 rings (SSSR count). The van der Waals surface area contributed by atoms with Crippen LogP contribution in [0.25, 0.3) is 5.57 Å². The van der Waals surface area contributed by atoms with Gasteiger partial charge in [0, 0.05) is 23.0 Å². The van der Waals surface area contributed by atoms with Gasteiger partial charge in [-0.2, -0.15) is 0 Å². The number of benzene rings is 1. The standard InChI is InChI=1S/C27H29BO3/c1-16-17-11-9-10-13-19(17)24-23(16)21(28-30-26(2,3)27(4,5)31-28)15-20-18-12-7-6-8-14-22(18)29-25(20)24/h7-16,20,25H,6H2,1-5H3/t16-,20?,25?/m1/s1. The van der Waals surface area contributed by atoms with Crippen LogP contribution in [0.3, 0.4) is 0 Å². The van der Waals surface area contributed by atoms with Gasteiger partial charge in [-0.1, -0.05) is 55.5 Å². The van der Waals surface area contributed by atoms with Crippen molar-refractivity contribution in [3.05, 3.63) is 88.2 Å². The maximum atomic E-state index is 6.62. The van der Waals surface area contributed by atoms with Crippen LogP contribution in [0.5, 0.6) is 0 Å². The molecule has 3 atom stereocenters. The van der Waals surface area contributed by atoms with Crippen molar-refractivity contribution in [2.24, 2.45) is 5.92 Å². The SMILES string of the molecule is C[C@H]1C2=C(c3ccccc31)C1OC3=C(C=CCC=C3)C1C=C2B1OC(C)(C)C(C)(C)O1. The molecule has 0 radical (unpaired) electrons. The number of hydrogen-bond donors (Lipinski definition) is 0. The molecule has 2 unspecified atom stereocenters. The number of rotatable bonds is 1. The van der Waals surface area contributed by atoms with Gasteiger partial charge in [0.15, 0.2) is 0 Å². The molecule has 0 spiro atoms. The zero-order chi connectivity index (χ0) is 21.5. The van der Waals surface area contributed by atoms with Crippen LogP contribution >= 0.6 is 0 Å². The molecule has 3 nitrogen and oxygen atoms in total. The quantitative estimate of drug-likeness (QED) is 0.537. The normalized spacial score (nSPS) is 31.7. The van der Waals surface area contributed by atoms with Gasteiger partial charge < -0.3 is 14.0 Å². The second kappa shape index (κ2) is 6.37. The summed E-state index contributed by atoms with van der Waals surface area (Å²) in [4.78, 5) is 0. The summed E-state index contributed by atoms with van der Waals surface area (Å²) < 4.78 is 19.7. The fraction of sp³-hybridized carbons (Fsp3) is 0.407. The van der Waals surface area contributed by atoms with Gasteiger partial charge in [-0.05, 0) is 62.4 Å². The Balaban J connectivity index is 1.53. The first kappa shape index (κ1) is 19.4. The average Bonchev–Trinajstić information content (AvgIpc) is 3.20. The largest absolute Gasteiger partial charge is 0.494 e. The summed E-state index contributed by atoms with van der Waals surface area (Å²) in [5.41, 5.74) is 7.02. The van der Waals surface area contributed by atoms with Crippen LogP contribution in [0, 0.1) is 5.92 Å². The highest BCUT2D eigenvalue weighted by Crippen LogP contribution is 2.56. The Labute approximate surface area is 185 Å². The highest BCUT2D eigenvalue weighted by atomic mass is 16.7. The summed E-state index contributed by atoms with van der Waals surface area (Å²) in [6.45, 7) is 10.8. The van der Waals surface area contributed by atoms with Crippen LogP contribution < -0.4 is 0 Å². The highest BCUT2D eigenvalue weighted by molar-refractivity contribution is 6.56. The fourth-order valence-corrected chi connectivity index (χ4v) is 5.62. The van der Waals surface area contributed by atoms with Crippen LogP contribution in [0.2, 0.25) is 0 Å². The lowest BCUT2D eigenvalue weighted by molar-refractivity contribution is 0.00578. The van der Waals surface area contributed by atoms with Gasteiger partial charge in [0.25, 0.3) is 0 Å². The first-order chi connectivity index (χ1) is 14.8. The minimum Gasteiger partial charge on any atom is -0.484 e. The number of ether oxygens (including phenoxy) is 1. The third-order valence-corrected chi connectivity index (χ3v) is 7.97. The molecule has 0 bridgehead atoms. The van der Waals surface area contributed by atoms with Gasteiger partial charge >= 0.3 is 7.12 Å². The Bertz CT molecular complexity index is 1110. The second-order valence-corrected chi connectivity index (χ2v) is 10.3. The van der Waals surface area contributed by atoms with Crippen molar-refractivity contribution in [1.82, 2.24) is 0 Å². The molecule has 5 aliphatic rings. The molecule has 1 saturated heterocycles. The first-order valence-electron chi connectivity index (χ1n) is 11.4. The Hall–Kier alpha value is -2.30. The van der Waals surface area contributed by atoms with Crippen LogP contribution in [0.15, 0.2) is 77.0 Å². The summed E-state index contributed by atoms with van der Waals surface area (Å²) in [6.07, 6.45) is 12.1. The lowest BCUT2D eigenvalue weighted by atomic mass is 9.64. The van der Waals surface area contributed by atoms with E-state index in [0.717, 1.165) is 12.2 Å². The van der Waals surface area contributed by atoms with Gasteiger partial charge in [0.1, 0.15) is 11.9 Å². The van der Waals surface area contributed by atoms with Crippen LogP contribution in [-0.4, -0.2) is 24.4 Å². The van der Waals surface area contributed by atoms with Gasteiger partial charge in [0.05, 0.1) is 11.2 Å². The second-order valence-electron chi connectivity index (χ2n) is 10.3. The maximum absolute atomic E-state index is 6.62. The van der Waals surface area contributed by atoms with Crippen LogP contribution in [0.4, 0.5) is 0 Å². The summed E-state index contributed by atoms with van der Waals surface area (Å²) >= 11 is 0. The smallest absolute Gasteiger partial charge is 0.484 e. The maximum Gasteiger partial charge on any atom is 0.494 e. The zero-order valence-corrected chi connectivity index (χ0v) is 18.9. The van der Waals surface area contributed by atoms with E-state index in [1.54, 1.807) is 0 Å². The third kappa shape index (κ3) is 2.61. The molecule has 2 aliphatic heterocycles. The van der Waals surface area contributed by atoms with Crippen molar-refractivity contribution in [2.75, 3.05) is 0 Å². The molecule has 0 amide bonds. The minimum absolute atomic E-state index is 0.00433. The topological polar surface area (TPSA) is 27.7 Å². The van der Waals surface area contributed by atoms with Crippen molar-refractivity contribution in [2.45, 2.75) is 64.3 Å². The Morgan fingerprint density at radius 3 is 2.42 bits per heavy atom. The van der Waals surface area contributed by atoms with Crippen molar-refractivity contribution >= 4 is 12.7 Å². The molecule has 0 saturated carbocycles. The van der Waals surface area contributed by atoms with E-state index >= 15 is 0 Å². The lowest BCUT2D eigenvalue weighted by Crippen LogP contribution is -2.41. The molecule has 3 aliphatic carbocycles. The number of hydrogen-bond acceptors (Lipinski definition) is 3. The molecule has 1 aromatic rings. The van der Waals surface area contributed by atoms with E-state index in [9.17, 15) is 0 Å². The van der Waals surface area contributed by atoms with E-state index in [0.29, 0.717) is 0 Å². The summed E-state index contributed by atoms with van der Waals surface area (Å²) in [7, 11) is -0.373. The summed E-state index contributed by atoms with van der Waals surface area (Å²) in [5.74, 6) is 1.45. The van der Waals surface area contributed by atoms with E-state index < -0.39 is 0 Å². The Kier molecular flexibility index (Phi) is 3.98. The van der Waals surface area contributed by atoms with Gasteiger partial charge in [-0.15, -0.1) is 0 Å². The molecule has 4 heteroatoms. The summed E-state index contributed by atoms with van der Waals surface area (Å²) in [5, 5.41) is 0. The molecule has 2 heterocycles. The Morgan fingerprint density at radius 2 is 1.65 bits per heavy atom. The van der Waals surface area contributed by atoms with Crippen molar-refractivity contribution in [3.63, 3.8) is 0 Å². The Morgan fingerprint density at radius 1 is 0.935 bits per heavy atom. The van der Waals surface area contributed by atoms with Gasteiger partial charge in [-0.25, -0.2) is 0 Å². The van der Waals surface area contributed by atoms with Gasteiger partial charge in [0.2, 0.25) is 0 Å². The zero-order valence-electron chi connectivity index (χ0n) is 18.9. The third-order valence-electron chi connectivity index (χ3n) is 7.97. The number of allylic oxidation sites excluding steroid dienone is 6. The highest BCUT2D eigenvalue weighted by Gasteiger charge is 2.56. The average molecular weight is 412 g/mol. The fourth-order valence-electron chi connectivity index (χ4n) is 5.62. The molecule has 0 N–H and O–H groups in total. The summed E-state index contributed by atoms with van der Waals surface area (Å²) in [6, 6.07) is 8.77. The number of fused-ring (bicyclic) bond motifs is 5. The minimum atomic E-state index is -0.373. The molecular weight excluding hydrogens is 383 g/mol. The van der Waals surface area contributed by atoms with E-state index in [2.05, 4.69) is 89.3 Å². The first-order valence-corrected chi connectivity index (χ1v) is 11.4. The van der Waals surface area contributed by atoms with E-state index in [1.807, 2.05) is 0 Å². The van der Waals surface area contributed by atoms with E-state index in [1.165, 1.54) is 33.3 Å². The molecular formula is C27H29BO3. The van der Waals surface area contributed by atoms with E-state index in [4.69, 9.17) is 14.0 Å². The van der Waals surface area contributed by atoms with Crippen molar-refractivity contribution in [3.8, 4) is 0 Å². The molecule has 1 aromatic carbocycles. The van der Waals surface area contributed by atoms with Crippen molar-refractivity contribution in [1.29, 1.82) is 0 Å². The predicted octanol–water partition coefficient (Wildman–Crippen LogP) is 5.91. The molecule has 31 heavy (non-hydrogen) atoms. The molecule has 158 valence electrons. The lowest BCUT2D eigenvalue weighted by Gasteiger charge is -2.32. The van der Waals surface area contributed by atoms with Crippen LogP contribution in [0.1, 0.15) is 58.1 Å². The predicted molar refractivity (Wildman–Crippen MR) is 124 cm³/mol. The van der Waals surface area contributed by atoms with Crippen LogP contribution in [-0.2, 0) is 14.0 Å². The van der Waals surface area contributed by atoms with Gasteiger partial charge in [-0.3, -0.25) is 0 Å². The van der Waals surface area contributed by atoms with Crippen molar-refractivity contribution < 1.29 is 14.0 Å². The van der Waals surface area contributed by atoms with E-state index in [-0.39, 0.29) is 36.3 Å².